The average Bonchev–Trinajstić information content (AvgIpc) is 2.79. The highest BCUT2D eigenvalue weighted by Gasteiger charge is 2.36. The van der Waals surface area contributed by atoms with E-state index in [2.05, 4.69) is 24.1 Å². The van der Waals surface area contributed by atoms with Crippen LogP contribution in [0.1, 0.15) is 84.4 Å². The van der Waals surface area contributed by atoms with Gasteiger partial charge in [-0.25, -0.2) is 4.79 Å². The molecule has 2 N–H and O–H groups in total. The van der Waals surface area contributed by atoms with Gasteiger partial charge in [-0.15, -0.1) is 0 Å². The first-order chi connectivity index (χ1) is 16.9. The molecule has 0 saturated heterocycles. The second-order valence-corrected chi connectivity index (χ2v) is 11.1. The maximum Gasteiger partial charge on any atom is 0.408 e. The normalized spacial score (nSPS) is 13.0. The van der Waals surface area contributed by atoms with Crippen molar-refractivity contribution >= 4 is 35.7 Å². The number of rotatable bonds is 14. The third-order valence-corrected chi connectivity index (χ3v) is 5.98. The second kappa shape index (κ2) is 15.6. The molecule has 0 heterocycles. The Hall–Kier alpha value is -2.48. The Morgan fingerprint density at radius 3 is 2.42 bits per heavy atom. The number of ether oxygens (including phenoxy) is 1. The molecule has 3 amide bonds. The zero-order valence-corrected chi connectivity index (χ0v) is 23.9. The van der Waals surface area contributed by atoms with Crippen LogP contribution in [0.4, 0.5) is 4.79 Å². The van der Waals surface area contributed by atoms with Crippen LogP contribution in [0, 0.1) is 0 Å². The standard InChI is InChI=1S/C28H45N3O4S/c1-9-11-12-17-31(26(33)23(16-18-36-8)30-27(34)35-28(5,6)7)24(25(32)29-20(3)4)22-15-13-14-21(10-2)19-22/h10,13-15,19-20,23-24H,2,9,11-12,16-18H2,1,3-8H3,(H,29,32)(H,30,34). The van der Waals surface area contributed by atoms with Gasteiger partial charge in [0.1, 0.15) is 17.7 Å². The van der Waals surface area contributed by atoms with Crippen molar-refractivity contribution in [3.05, 3.63) is 42.0 Å². The summed E-state index contributed by atoms with van der Waals surface area (Å²) in [5.41, 5.74) is 0.876. The third kappa shape index (κ3) is 11.1. The molecule has 1 aromatic carbocycles. The van der Waals surface area contributed by atoms with Crippen LogP contribution in [0.25, 0.3) is 6.08 Å². The second-order valence-electron chi connectivity index (χ2n) is 10.2. The van der Waals surface area contributed by atoms with Crippen LogP contribution >= 0.6 is 11.8 Å². The highest BCUT2D eigenvalue weighted by atomic mass is 32.2. The third-order valence-electron chi connectivity index (χ3n) is 5.34. The van der Waals surface area contributed by atoms with Gasteiger partial charge in [0.05, 0.1) is 0 Å². The molecular formula is C28H45N3O4S. The molecule has 0 fully saturated rings. The van der Waals surface area contributed by atoms with Gasteiger partial charge in [-0.3, -0.25) is 9.59 Å². The minimum atomic E-state index is -0.839. The summed E-state index contributed by atoms with van der Waals surface area (Å²) in [5.74, 6) is 0.125. The molecule has 0 aromatic heterocycles. The van der Waals surface area contributed by atoms with Gasteiger partial charge >= 0.3 is 6.09 Å². The molecule has 0 bridgehead atoms. The van der Waals surface area contributed by atoms with Crippen molar-refractivity contribution in [2.45, 2.75) is 91.0 Å². The molecule has 0 aliphatic rings. The smallest absolute Gasteiger partial charge is 0.408 e. The minimum absolute atomic E-state index is 0.0950. The van der Waals surface area contributed by atoms with Crippen LogP contribution in [0.3, 0.4) is 0 Å². The predicted molar refractivity (Wildman–Crippen MR) is 150 cm³/mol. The van der Waals surface area contributed by atoms with Crippen LogP contribution in [0.15, 0.2) is 30.8 Å². The van der Waals surface area contributed by atoms with Crippen LogP contribution in [0.5, 0.6) is 0 Å². The molecule has 0 saturated carbocycles. The molecule has 2 unspecified atom stereocenters. The first kappa shape index (κ1) is 31.5. The number of hydrogen-bond acceptors (Lipinski definition) is 5. The van der Waals surface area contributed by atoms with E-state index in [-0.39, 0.29) is 17.9 Å². The van der Waals surface area contributed by atoms with E-state index in [9.17, 15) is 14.4 Å². The highest BCUT2D eigenvalue weighted by Crippen LogP contribution is 2.26. The zero-order valence-electron chi connectivity index (χ0n) is 23.1. The Morgan fingerprint density at radius 1 is 1.17 bits per heavy atom. The van der Waals surface area contributed by atoms with Crippen molar-refractivity contribution in [1.82, 2.24) is 15.5 Å². The number of thioether (sulfide) groups is 1. The molecule has 0 spiro atoms. The number of amides is 3. The summed E-state index contributed by atoms with van der Waals surface area (Å²) in [7, 11) is 0. The predicted octanol–water partition coefficient (Wildman–Crippen LogP) is 5.56. The summed E-state index contributed by atoms with van der Waals surface area (Å²) in [6.45, 7) is 15.5. The average molecular weight is 520 g/mol. The van der Waals surface area contributed by atoms with Gasteiger partial charge in [-0.1, -0.05) is 50.6 Å². The van der Waals surface area contributed by atoms with Gasteiger partial charge in [0.2, 0.25) is 11.8 Å². The van der Waals surface area contributed by atoms with Crippen molar-refractivity contribution in [3.8, 4) is 0 Å². The molecule has 2 atom stereocenters. The van der Waals surface area contributed by atoms with E-state index in [0.717, 1.165) is 24.8 Å². The van der Waals surface area contributed by atoms with E-state index < -0.39 is 23.8 Å². The Balaban J connectivity index is 3.49. The molecule has 0 aliphatic carbocycles. The lowest BCUT2D eigenvalue weighted by molar-refractivity contribution is -0.142. The van der Waals surface area contributed by atoms with Crippen LogP contribution in [0.2, 0.25) is 0 Å². The summed E-state index contributed by atoms with van der Waals surface area (Å²) < 4.78 is 5.43. The minimum Gasteiger partial charge on any atom is -0.444 e. The lowest BCUT2D eigenvalue weighted by Gasteiger charge is -2.35. The monoisotopic (exact) mass is 519 g/mol. The number of carbonyl (C=O) groups excluding carboxylic acids is 3. The number of alkyl carbamates (subject to hydrolysis) is 1. The van der Waals surface area contributed by atoms with Gasteiger partial charge in [-0.2, -0.15) is 11.8 Å². The molecule has 7 nitrogen and oxygen atoms in total. The number of hydrogen-bond donors (Lipinski definition) is 2. The molecule has 0 radical (unpaired) electrons. The fraction of sp³-hybridized carbons (Fsp3) is 0.607. The maximum atomic E-state index is 14.1. The lowest BCUT2D eigenvalue weighted by Crippen LogP contribution is -2.54. The van der Waals surface area contributed by atoms with E-state index >= 15 is 0 Å². The quantitative estimate of drug-likeness (QED) is 0.314. The Bertz CT molecular complexity index is 867. The van der Waals surface area contributed by atoms with Crippen molar-refractivity contribution in [2.75, 3.05) is 18.6 Å². The van der Waals surface area contributed by atoms with Crippen molar-refractivity contribution < 1.29 is 19.1 Å². The summed E-state index contributed by atoms with van der Waals surface area (Å²) in [4.78, 5) is 41.8. The Kier molecular flexibility index (Phi) is 13.7. The van der Waals surface area contributed by atoms with E-state index in [0.29, 0.717) is 24.3 Å². The van der Waals surface area contributed by atoms with E-state index in [1.165, 1.54) is 0 Å². The maximum absolute atomic E-state index is 14.1. The van der Waals surface area contributed by atoms with E-state index in [1.807, 2.05) is 44.4 Å². The van der Waals surface area contributed by atoms with Gasteiger partial charge in [0.25, 0.3) is 0 Å². The lowest BCUT2D eigenvalue weighted by atomic mass is 9.99. The molecule has 202 valence electrons. The number of carbonyl (C=O) groups is 3. The summed E-state index contributed by atoms with van der Waals surface area (Å²) in [6.07, 6.45) is 6.09. The number of unbranched alkanes of at least 4 members (excludes halogenated alkanes) is 2. The molecular weight excluding hydrogens is 474 g/mol. The fourth-order valence-electron chi connectivity index (χ4n) is 3.73. The summed E-state index contributed by atoms with van der Waals surface area (Å²) >= 11 is 1.59. The molecule has 1 rings (SSSR count). The summed E-state index contributed by atoms with van der Waals surface area (Å²) in [5, 5.41) is 5.76. The SMILES string of the molecule is C=Cc1cccc(C(C(=O)NC(C)C)N(CCCCC)C(=O)C(CCSC)NC(=O)OC(C)(C)C)c1. The van der Waals surface area contributed by atoms with Crippen LogP contribution < -0.4 is 10.6 Å². The Labute approximate surface area is 221 Å². The molecule has 36 heavy (non-hydrogen) atoms. The Morgan fingerprint density at radius 2 is 1.86 bits per heavy atom. The van der Waals surface area contributed by atoms with Crippen molar-refractivity contribution in [1.29, 1.82) is 0 Å². The van der Waals surface area contributed by atoms with Crippen molar-refractivity contribution in [3.63, 3.8) is 0 Å². The summed E-state index contributed by atoms with van der Waals surface area (Å²) in [6, 6.07) is 5.76. The van der Waals surface area contributed by atoms with Crippen LogP contribution in [-0.4, -0.2) is 59.0 Å². The highest BCUT2D eigenvalue weighted by molar-refractivity contribution is 7.98. The topological polar surface area (TPSA) is 87.7 Å². The number of benzene rings is 1. The first-order valence-corrected chi connectivity index (χ1v) is 14.1. The molecule has 1 aromatic rings. The molecule has 0 aliphatic heterocycles. The van der Waals surface area contributed by atoms with Gasteiger partial charge < -0.3 is 20.3 Å². The van der Waals surface area contributed by atoms with Gasteiger partial charge in [0, 0.05) is 12.6 Å². The van der Waals surface area contributed by atoms with Crippen LogP contribution in [-0.2, 0) is 14.3 Å². The van der Waals surface area contributed by atoms with Gasteiger partial charge in [-0.05, 0) is 76.7 Å². The van der Waals surface area contributed by atoms with Gasteiger partial charge in [0.15, 0.2) is 0 Å². The fourth-order valence-corrected chi connectivity index (χ4v) is 4.21. The zero-order chi connectivity index (χ0) is 27.3. The van der Waals surface area contributed by atoms with Crippen molar-refractivity contribution in [2.24, 2.45) is 0 Å². The number of nitrogens with zero attached hydrogens (tertiary/aromatic N) is 1. The van der Waals surface area contributed by atoms with E-state index in [1.54, 1.807) is 43.5 Å². The van der Waals surface area contributed by atoms with E-state index in [4.69, 9.17) is 4.74 Å². The molecule has 8 heteroatoms. The number of nitrogens with one attached hydrogen (secondary N) is 2. The first-order valence-electron chi connectivity index (χ1n) is 12.7. The largest absolute Gasteiger partial charge is 0.444 e.